The molecule has 1 unspecified atom stereocenters. The lowest BCUT2D eigenvalue weighted by Crippen LogP contribution is -2.36. The molecular weight excluding hydrogens is 529 g/mol. The zero-order valence-corrected chi connectivity index (χ0v) is 22.9. The minimum Gasteiger partial charge on any atom is -0.465 e. The van der Waals surface area contributed by atoms with Crippen molar-refractivity contribution >= 4 is 28.6 Å². The Morgan fingerprint density at radius 1 is 1.12 bits per heavy atom. The molecule has 4 aromatic rings. The summed E-state index contributed by atoms with van der Waals surface area (Å²) in [5.74, 6) is 0.659. The summed E-state index contributed by atoms with van der Waals surface area (Å²) in [6.45, 7) is 7.74. The molecule has 0 bridgehead atoms. The highest BCUT2D eigenvalue weighted by atomic mass is 19.1. The summed E-state index contributed by atoms with van der Waals surface area (Å²) < 4.78 is 20.4. The number of carbonyl (C=O) groups is 1. The van der Waals surface area contributed by atoms with E-state index in [-0.39, 0.29) is 22.5 Å². The van der Waals surface area contributed by atoms with Crippen molar-refractivity contribution in [3.63, 3.8) is 0 Å². The molecule has 0 aliphatic carbocycles. The Labute approximate surface area is 235 Å². The van der Waals surface area contributed by atoms with Gasteiger partial charge in [0.1, 0.15) is 12.1 Å². The predicted molar refractivity (Wildman–Crippen MR) is 152 cm³/mol. The number of imidazole rings is 1. The SMILES string of the molecule is CC(C)N(C(=O)O)c1cc(F)ccc1Oc1cncnc1N1CCC2(CCN(Cc3ccc4[nH]c(=O)[nH]c4c3)C2)C1. The number of ether oxygens (including phenoxy) is 1. The normalized spacial score (nSPS) is 19.1. The van der Waals surface area contributed by atoms with Crippen molar-refractivity contribution in [2.75, 3.05) is 36.0 Å². The van der Waals surface area contributed by atoms with Crippen molar-refractivity contribution in [3.05, 3.63) is 70.8 Å². The Balaban J connectivity index is 1.18. The number of aromatic amines is 2. The summed E-state index contributed by atoms with van der Waals surface area (Å²) in [4.78, 5) is 43.6. The Kier molecular flexibility index (Phi) is 6.86. The number of amides is 1. The fraction of sp³-hybridized carbons (Fsp3) is 0.379. The molecule has 4 heterocycles. The van der Waals surface area contributed by atoms with E-state index in [0.717, 1.165) is 73.1 Å². The number of aromatic nitrogens is 4. The Hall–Kier alpha value is -4.45. The van der Waals surface area contributed by atoms with Gasteiger partial charge in [-0.25, -0.2) is 23.9 Å². The zero-order valence-electron chi connectivity index (χ0n) is 22.9. The van der Waals surface area contributed by atoms with Crippen LogP contribution in [0.25, 0.3) is 11.0 Å². The molecule has 41 heavy (non-hydrogen) atoms. The van der Waals surface area contributed by atoms with Crippen LogP contribution in [0.15, 0.2) is 53.7 Å². The maximum atomic E-state index is 14.2. The fourth-order valence-corrected chi connectivity index (χ4v) is 6.15. The summed E-state index contributed by atoms with van der Waals surface area (Å²) in [5.41, 5.74) is 2.79. The summed E-state index contributed by atoms with van der Waals surface area (Å²) in [5, 5.41) is 9.78. The van der Waals surface area contributed by atoms with Crippen LogP contribution in [0, 0.1) is 11.2 Å². The van der Waals surface area contributed by atoms with Crippen LogP contribution in [0.5, 0.6) is 11.5 Å². The number of likely N-dealkylation sites (tertiary alicyclic amines) is 1. The average molecular weight is 562 g/mol. The first-order valence-electron chi connectivity index (χ1n) is 13.7. The number of halogens is 1. The van der Waals surface area contributed by atoms with E-state index in [2.05, 4.69) is 35.8 Å². The molecule has 1 amide bonds. The molecule has 1 atom stereocenters. The molecule has 2 aliphatic heterocycles. The second-order valence-electron chi connectivity index (χ2n) is 11.3. The smallest absolute Gasteiger partial charge is 0.412 e. The summed E-state index contributed by atoms with van der Waals surface area (Å²) in [6.07, 6.45) is 3.88. The quantitative estimate of drug-likeness (QED) is 0.299. The third-order valence-electron chi connectivity index (χ3n) is 8.02. The molecule has 6 rings (SSSR count). The molecular formula is C29H32FN7O4. The molecule has 2 aromatic heterocycles. The van der Waals surface area contributed by atoms with Crippen molar-refractivity contribution < 1.29 is 19.0 Å². The van der Waals surface area contributed by atoms with Gasteiger partial charge in [-0.05, 0) is 63.1 Å². The monoisotopic (exact) mass is 561 g/mol. The van der Waals surface area contributed by atoms with E-state index in [4.69, 9.17) is 4.74 Å². The third-order valence-corrected chi connectivity index (χ3v) is 8.02. The van der Waals surface area contributed by atoms with E-state index < -0.39 is 18.0 Å². The highest BCUT2D eigenvalue weighted by Crippen LogP contribution is 2.44. The van der Waals surface area contributed by atoms with Gasteiger partial charge in [0.2, 0.25) is 0 Å². The van der Waals surface area contributed by atoms with E-state index in [1.807, 2.05) is 12.1 Å². The number of carboxylic acid groups (broad SMARTS) is 1. The van der Waals surface area contributed by atoms with Gasteiger partial charge in [0.25, 0.3) is 0 Å². The van der Waals surface area contributed by atoms with E-state index in [1.54, 1.807) is 20.0 Å². The lowest BCUT2D eigenvalue weighted by atomic mass is 9.86. The van der Waals surface area contributed by atoms with Gasteiger partial charge in [0.05, 0.1) is 22.9 Å². The predicted octanol–water partition coefficient (Wildman–Crippen LogP) is 4.57. The first-order valence-corrected chi connectivity index (χ1v) is 13.7. The highest BCUT2D eigenvalue weighted by Gasteiger charge is 2.44. The second kappa shape index (κ2) is 10.5. The van der Waals surface area contributed by atoms with Gasteiger partial charge in [-0.2, -0.15) is 0 Å². The molecule has 2 fully saturated rings. The average Bonchev–Trinajstić information content (AvgIpc) is 3.63. The lowest BCUT2D eigenvalue weighted by molar-refractivity contribution is 0.200. The molecule has 2 aliphatic rings. The van der Waals surface area contributed by atoms with Gasteiger partial charge in [-0.3, -0.25) is 9.80 Å². The van der Waals surface area contributed by atoms with Crippen molar-refractivity contribution in [3.8, 4) is 11.5 Å². The van der Waals surface area contributed by atoms with E-state index in [9.17, 15) is 19.1 Å². The number of hydrogen-bond acceptors (Lipinski definition) is 7. The minimum atomic E-state index is -1.20. The largest absolute Gasteiger partial charge is 0.465 e. The number of nitrogens with zero attached hydrogens (tertiary/aromatic N) is 5. The first-order chi connectivity index (χ1) is 19.7. The molecule has 11 nitrogen and oxygen atoms in total. The van der Waals surface area contributed by atoms with Gasteiger partial charge in [-0.15, -0.1) is 0 Å². The first kappa shape index (κ1) is 26.8. The molecule has 12 heteroatoms. The number of fused-ring (bicyclic) bond motifs is 1. The van der Waals surface area contributed by atoms with Crippen LogP contribution in [-0.4, -0.2) is 68.3 Å². The number of H-pyrrole nitrogens is 2. The number of nitrogens with one attached hydrogen (secondary N) is 2. The molecule has 2 saturated heterocycles. The van der Waals surface area contributed by atoms with Crippen LogP contribution in [0.1, 0.15) is 32.3 Å². The summed E-state index contributed by atoms with van der Waals surface area (Å²) >= 11 is 0. The second-order valence-corrected chi connectivity index (χ2v) is 11.3. The van der Waals surface area contributed by atoms with Crippen LogP contribution in [0.3, 0.4) is 0 Å². The number of hydrogen-bond donors (Lipinski definition) is 3. The highest BCUT2D eigenvalue weighted by molar-refractivity contribution is 5.89. The summed E-state index contributed by atoms with van der Waals surface area (Å²) in [7, 11) is 0. The Morgan fingerprint density at radius 2 is 1.93 bits per heavy atom. The van der Waals surface area contributed by atoms with Crippen LogP contribution in [0.2, 0.25) is 0 Å². The number of benzene rings is 2. The maximum Gasteiger partial charge on any atom is 0.412 e. The number of anilines is 2. The van der Waals surface area contributed by atoms with Crippen molar-refractivity contribution in [2.45, 2.75) is 39.3 Å². The van der Waals surface area contributed by atoms with Crippen molar-refractivity contribution in [1.29, 1.82) is 0 Å². The van der Waals surface area contributed by atoms with Gasteiger partial charge in [0.15, 0.2) is 17.3 Å². The fourth-order valence-electron chi connectivity index (χ4n) is 6.15. The van der Waals surface area contributed by atoms with Crippen LogP contribution in [0.4, 0.5) is 20.7 Å². The van der Waals surface area contributed by atoms with E-state index >= 15 is 0 Å². The van der Waals surface area contributed by atoms with Crippen LogP contribution < -0.4 is 20.2 Å². The van der Waals surface area contributed by atoms with Crippen molar-refractivity contribution in [1.82, 2.24) is 24.8 Å². The van der Waals surface area contributed by atoms with E-state index in [0.29, 0.717) is 11.6 Å². The van der Waals surface area contributed by atoms with Gasteiger partial charge in [-0.1, -0.05) is 6.07 Å². The van der Waals surface area contributed by atoms with Crippen LogP contribution in [-0.2, 0) is 6.54 Å². The third kappa shape index (κ3) is 5.34. The van der Waals surface area contributed by atoms with E-state index in [1.165, 1.54) is 18.5 Å². The van der Waals surface area contributed by atoms with Gasteiger partial charge < -0.3 is 24.7 Å². The molecule has 0 radical (unpaired) electrons. The van der Waals surface area contributed by atoms with Crippen molar-refractivity contribution in [2.24, 2.45) is 5.41 Å². The zero-order chi connectivity index (χ0) is 28.7. The van der Waals surface area contributed by atoms with Crippen LogP contribution >= 0.6 is 0 Å². The number of rotatable bonds is 7. The minimum absolute atomic E-state index is 0.105. The van der Waals surface area contributed by atoms with Gasteiger partial charge in [0, 0.05) is 43.7 Å². The topological polar surface area (TPSA) is 131 Å². The molecule has 2 aromatic carbocycles. The molecule has 214 valence electrons. The Bertz CT molecular complexity index is 1650. The lowest BCUT2D eigenvalue weighted by Gasteiger charge is -2.27. The Morgan fingerprint density at radius 3 is 2.73 bits per heavy atom. The van der Waals surface area contributed by atoms with Gasteiger partial charge >= 0.3 is 11.8 Å². The molecule has 1 spiro atoms. The molecule has 0 saturated carbocycles. The summed E-state index contributed by atoms with van der Waals surface area (Å²) in [6, 6.07) is 9.42. The molecule has 3 N–H and O–H groups in total. The maximum absolute atomic E-state index is 14.2. The standard InChI is InChI=1S/C29H32FN7O4/c1-18(2)37(28(39)40)23-12-20(30)4-6-24(23)41-25-13-31-17-32-26(25)36-10-8-29(16-36)7-9-35(15-29)14-19-3-5-21-22(11-19)34-27(38)33-21/h3-6,11-13,17-18H,7-10,14-16H2,1-2H3,(H,39,40)(H2,33,34,38).